The Bertz CT molecular complexity index is 1320. The molecule has 0 bridgehead atoms. The number of benzene rings is 2. The molecule has 2 aromatic carbocycles. The molecule has 0 aliphatic rings. The zero-order chi connectivity index (χ0) is 20.8. The normalized spacial score (nSPS) is 13.2. The number of H-pyrrole nitrogens is 1. The molecule has 10 nitrogen and oxygen atoms in total. The third-order valence-electron chi connectivity index (χ3n) is 4.46. The van der Waals surface area contributed by atoms with Crippen LogP contribution in [0.25, 0.3) is 27.5 Å². The van der Waals surface area contributed by atoms with E-state index < -0.39 is 22.0 Å². The fraction of sp³-hybridized carbons (Fsp3) is 0.167. The van der Waals surface area contributed by atoms with Crippen molar-refractivity contribution in [1.82, 2.24) is 24.7 Å². The van der Waals surface area contributed by atoms with Gasteiger partial charge in [-0.3, -0.25) is 9.89 Å². The standard InChI is InChI=1S/C18H18N6O4S/c1-10(25)8-21-29(27,28)12-4-2-11(3-5-12)24-17-13(16(23-24)18(19)26)6-7-15-14(17)9-20-22-15/h2-7,9-10,21,25H,8H2,1H3,(H2,19,26)(H,20,22). The number of nitrogens with one attached hydrogen (secondary N) is 2. The average molecular weight is 414 g/mol. The quantitative estimate of drug-likeness (QED) is 0.363. The highest BCUT2D eigenvalue weighted by Crippen LogP contribution is 2.29. The number of nitrogens with two attached hydrogens (primary N) is 1. The summed E-state index contributed by atoms with van der Waals surface area (Å²) in [5.74, 6) is -0.668. The van der Waals surface area contributed by atoms with Crippen molar-refractivity contribution >= 4 is 37.7 Å². The van der Waals surface area contributed by atoms with E-state index in [4.69, 9.17) is 5.73 Å². The second-order valence-corrected chi connectivity index (χ2v) is 8.38. The maximum Gasteiger partial charge on any atom is 0.269 e. The molecule has 0 fully saturated rings. The van der Waals surface area contributed by atoms with Crippen LogP contribution in [0.3, 0.4) is 0 Å². The van der Waals surface area contributed by atoms with Gasteiger partial charge in [0.15, 0.2) is 5.69 Å². The Hall–Kier alpha value is -3.28. The van der Waals surface area contributed by atoms with Crippen LogP contribution in [0.2, 0.25) is 0 Å². The Morgan fingerprint density at radius 3 is 2.62 bits per heavy atom. The molecule has 2 heterocycles. The van der Waals surface area contributed by atoms with Gasteiger partial charge in [-0.05, 0) is 43.3 Å². The lowest BCUT2D eigenvalue weighted by Gasteiger charge is -2.09. The van der Waals surface area contributed by atoms with E-state index in [0.717, 1.165) is 10.9 Å². The summed E-state index contributed by atoms with van der Waals surface area (Å²) >= 11 is 0. The number of aromatic amines is 1. The summed E-state index contributed by atoms with van der Waals surface area (Å²) in [6, 6.07) is 9.52. The lowest BCUT2D eigenvalue weighted by atomic mass is 10.1. The van der Waals surface area contributed by atoms with Crippen LogP contribution in [-0.4, -0.2) is 52.1 Å². The van der Waals surface area contributed by atoms with E-state index >= 15 is 0 Å². The molecule has 4 rings (SSSR count). The van der Waals surface area contributed by atoms with Crippen molar-refractivity contribution in [2.24, 2.45) is 5.73 Å². The van der Waals surface area contributed by atoms with Gasteiger partial charge in [0.1, 0.15) is 0 Å². The van der Waals surface area contributed by atoms with E-state index in [1.165, 1.54) is 23.7 Å². The molecule has 150 valence electrons. The van der Waals surface area contributed by atoms with Crippen molar-refractivity contribution in [3.63, 3.8) is 0 Å². The van der Waals surface area contributed by atoms with Crippen molar-refractivity contribution < 1.29 is 18.3 Å². The molecule has 0 radical (unpaired) electrons. The highest BCUT2D eigenvalue weighted by molar-refractivity contribution is 7.89. The predicted molar refractivity (Wildman–Crippen MR) is 106 cm³/mol. The number of sulfonamides is 1. The van der Waals surface area contributed by atoms with Gasteiger partial charge in [-0.1, -0.05) is 0 Å². The first-order valence-corrected chi connectivity index (χ1v) is 10.2. The highest BCUT2D eigenvalue weighted by atomic mass is 32.2. The lowest BCUT2D eigenvalue weighted by Crippen LogP contribution is -2.30. The minimum absolute atomic E-state index is 0.0435. The number of fused-ring (bicyclic) bond motifs is 3. The van der Waals surface area contributed by atoms with E-state index in [1.54, 1.807) is 30.5 Å². The summed E-state index contributed by atoms with van der Waals surface area (Å²) in [6.45, 7) is 1.40. The van der Waals surface area contributed by atoms with Crippen LogP contribution >= 0.6 is 0 Å². The lowest BCUT2D eigenvalue weighted by molar-refractivity contribution is 0.0996. The van der Waals surface area contributed by atoms with E-state index in [0.29, 0.717) is 16.6 Å². The molecule has 11 heteroatoms. The Morgan fingerprint density at radius 2 is 1.97 bits per heavy atom. The Morgan fingerprint density at radius 1 is 1.24 bits per heavy atom. The number of aliphatic hydroxyl groups is 1. The van der Waals surface area contributed by atoms with Crippen LogP contribution < -0.4 is 10.5 Å². The first kappa shape index (κ1) is 19.1. The summed E-state index contributed by atoms with van der Waals surface area (Å²) < 4.78 is 28.5. The van der Waals surface area contributed by atoms with Gasteiger partial charge in [0, 0.05) is 17.3 Å². The van der Waals surface area contributed by atoms with Crippen LogP contribution in [0.4, 0.5) is 0 Å². The van der Waals surface area contributed by atoms with Gasteiger partial charge >= 0.3 is 0 Å². The molecular weight excluding hydrogens is 396 g/mol. The van der Waals surface area contributed by atoms with Crippen molar-refractivity contribution in [3.8, 4) is 5.69 Å². The van der Waals surface area contributed by atoms with Crippen LogP contribution in [0.15, 0.2) is 47.5 Å². The second-order valence-electron chi connectivity index (χ2n) is 6.61. The van der Waals surface area contributed by atoms with E-state index in [9.17, 15) is 18.3 Å². The van der Waals surface area contributed by atoms with Gasteiger partial charge in [0.2, 0.25) is 10.0 Å². The number of carbonyl (C=O) groups excluding carboxylic acids is 1. The topological polar surface area (TPSA) is 156 Å². The maximum atomic E-state index is 12.3. The second kappa shape index (κ2) is 6.95. The van der Waals surface area contributed by atoms with Gasteiger partial charge < -0.3 is 10.8 Å². The van der Waals surface area contributed by atoms with E-state index in [2.05, 4.69) is 20.0 Å². The zero-order valence-electron chi connectivity index (χ0n) is 15.3. The number of hydrogen-bond acceptors (Lipinski definition) is 6. The molecular formula is C18H18N6O4S. The van der Waals surface area contributed by atoms with Gasteiger partial charge in [-0.25, -0.2) is 17.8 Å². The molecule has 0 spiro atoms. The summed E-state index contributed by atoms with van der Waals surface area (Å²) in [5, 5.41) is 21.8. The number of hydrogen-bond donors (Lipinski definition) is 4. The Kier molecular flexibility index (Phi) is 4.57. The van der Waals surface area contributed by atoms with Crippen LogP contribution in [0.1, 0.15) is 17.4 Å². The minimum Gasteiger partial charge on any atom is -0.392 e. The molecule has 5 N–H and O–H groups in total. The van der Waals surface area contributed by atoms with E-state index in [1.807, 2.05) is 0 Å². The molecule has 0 saturated carbocycles. The third-order valence-corrected chi connectivity index (χ3v) is 5.90. The monoisotopic (exact) mass is 414 g/mol. The molecule has 4 aromatic rings. The maximum absolute atomic E-state index is 12.3. The van der Waals surface area contributed by atoms with Crippen molar-refractivity contribution in [1.29, 1.82) is 0 Å². The van der Waals surface area contributed by atoms with Gasteiger partial charge in [0.05, 0.1) is 33.9 Å². The molecule has 1 atom stereocenters. The minimum atomic E-state index is -3.76. The smallest absolute Gasteiger partial charge is 0.269 e. The molecule has 29 heavy (non-hydrogen) atoms. The van der Waals surface area contributed by atoms with Gasteiger partial charge in [0.25, 0.3) is 5.91 Å². The highest BCUT2D eigenvalue weighted by Gasteiger charge is 2.20. The number of rotatable bonds is 6. The first-order valence-electron chi connectivity index (χ1n) is 8.71. The zero-order valence-corrected chi connectivity index (χ0v) is 16.1. The summed E-state index contributed by atoms with van der Waals surface area (Å²) in [5.41, 5.74) is 7.53. The molecule has 0 saturated heterocycles. The van der Waals surface area contributed by atoms with Crippen molar-refractivity contribution in [2.45, 2.75) is 17.9 Å². The largest absolute Gasteiger partial charge is 0.392 e. The molecule has 0 aliphatic heterocycles. The Labute approximate surface area is 165 Å². The van der Waals surface area contributed by atoms with Crippen LogP contribution in [-0.2, 0) is 10.0 Å². The molecule has 1 unspecified atom stereocenters. The number of amides is 1. The number of aliphatic hydroxyl groups excluding tert-OH is 1. The van der Waals surface area contributed by atoms with Gasteiger partial charge in [-0.15, -0.1) is 0 Å². The summed E-state index contributed by atoms with van der Waals surface area (Å²) in [6.07, 6.45) is 0.823. The number of primary amides is 1. The molecule has 0 aliphatic carbocycles. The fourth-order valence-electron chi connectivity index (χ4n) is 3.07. The number of nitrogens with zero attached hydrogens (tertiary/aromatic N) is 3. The fourth-order valence-corrected chi connectivity index (χ4v) is 4.20. The molecule has 2 aromatic heterocycles. The number of aromatic nitrogens is 4. The van der Waals surface area contributed by atoms with Crippen molar-refractivity contribution in [2.75, 3.05) is 6.54 Å². The SMILES string of the molecule is CC(O)CNS(=O)(=O)c1ccc(-n2nc(C(N)=O)c3ccc4[nH]ncc4c32)cc1. The first-order chi connectivity index (χ1) is 13.8. The Balaban J connectivity index is 1.83. The molecule has 1 amide bonds. The average Bonchev–Trinajstić information content (AvgIpc) is 3.30. The summed E-state index contributed by atoms with van der Waals surface area (Å²) in [4.78, 5) is 11.9. The number of carbonyl (C=O) groups is 1. The van der Waals surface area contributed by atoms with Crippen LogP contribution in [0, 0.1) is 0 Å². The predicted octanol–water partition coefficient (Wildman–Crippen LogP) is 0.660. The third kappa shape index (κ3) is 3.35. The van der Waals surface area contributed by atoms with Crippen LogP contribution in [0.5, 0.6) is 0 Å². The van der Waals surface area contributed by atoms with Crippen molar-refractivity contribution in [3.05, 3.63) is 48.3 Å². The summed E-state index contributed by atoms with van der Waals surface area (Å²) in [7, 11) is -3.76. The van der Waals surface area contributed by atoms with E-state index in [-0.39, 0.29) is 17.1 Å². The van der Waals surface area contributed by atoms with Gasteiger partial charge in [-0.2, -0.15) is 10.2 Å².